The number of aromatic nitrogens is 3. The van der Waals surface area contributed by atoms with Gasteiger partial charge in [0.15, 0.2) is 11.5 Å². The molecule has 0 radical (unpaired) electrons. The van der Waals surface area contributed by atoms with Crippen molar-refractivity contribution in [2.24, 2.45) is 0 Å². The zero-order valence-corrected chi connectivity index (χ0v) is 16.6. The second kappa shape index (κ2) is 9.08. The summed E-state index contributed by atoms with van der Waals surface area (Å²) in [5.74, 6) is 0.121. The maximum atomic E-state index is 14.2. The molecule has 0 saturated carbocycles. The normalized spacial score (nSPS) is 10.5. The SMILES string of the molecule is COc1ccc(NC(=O)c2cn[nH]c2-c2ccccc2F)cc1OCc1ccncc1. The topological polar surface area (TPSA) is 89.1 Å². The summed E-state index contributed by atoms with van der Waals surface area (Å²) >= 11 is 0. The van der Waals surface area contributed by atoms with Gasteiger partial charge in [-0.25, -0.2) is 4.39 Å². The van der Waals surface area contributed by atoms with E-state index in [1.807, 2.05) is 12.1 Å². The Kier molecular flexibility index (Phi) is 5.89. The van der Waals surface area contributed by atoms with Gasteiger partial charge in [0.25, 0.3) is 5.91 Å². The lowest BCUT2D eigenvalue weighted by atomic mass is 10.1. The zero-order chi connectivity index (χ0) is 21.6. The number of H-pyrrole nitrogens is 1. The first-order chi connectivity index (χ1) is 15.2. The minimum atomic E-state index is -0.447. The number of hydrogen-bond acceptors (Lipinski definition) is 5. The first-order valence-corrected chi connectivity index (χ1v) is 9.45. The van der Waals surface area contributed by atoms with Gasteiger partial charge >= 0.3 is 0 Å². The lowest BCUT2D eigenvalue weighted by Crippen LogP contribution is -2.12. The summed E-state index contributed by atoms with van der Waals surface area (Å²) in [4.78, 5) is 16.8. The average Bonchev–Trinajstić information content (AvgIpc) is 3.29. The third-order valence-corrected chi connectivity index (χ3v) is 4.59. The molecule has 4 aromatic rings. The van der Waals surface area contributed by atoms with Crippen molar-refractivity contribution in [3.05, 3.63) is 90.1 Å². The van der Waals surface area contributed by atoms with Gasteiger partial charge in [-0.3, -0.25) is 14.9 Å². The van der Waals surface area contributed by atoms with Crippen molar-refractivity contribution in [1.29, 1.82) is 0 Å². The van der Waals surface area contributed by atoms with Gasteiger partial charge in [0, 0.05) is 29.7 Å². The Morgan fingerprint density at radius 1 is 1.10 bits per heavy atom. The second-order valence-electron chi connectivity index (χ2n) is 6.60. The zero-order valence-electron chi connectivity index (χ0n) is 16.6. The summed E-state index contributed by atoms with van der Waals surface area (Å²) in [5, 5.41) is 9.40. The fourth-order valence-corrected chi connectivity index (χ4v) is 3.03. The molecule has 156 valence electrons. The van der Waals surface area contributed by atoms with Crippen molar-refractivity contribution >= 4 is 11.6 Å². The molecule has 1 amide bonds. The van der Waals surface area contributed by atoms with Crippen molar-refractivity contribution in [3.8, 4) is 22.8 Å². The summed E-state index contributed by atoms with van der Waals surface area (Å²) in [6.45, 7) is 0.315. The Morgan fingerprint density at radius 3 is 2.68 bits per heavy atom. The number of benzene rings is 2. The van der Waals surface area contributed by atoms with E-state index in [9.17, 15) is 9.18 Å². The number of carbonyl (C=O) groups excluding carboxylic acids is 1. The predicted octanol–water partition coefficient (Wildman–Crippen LogP) is 4.45. The molecular weight excluding hydrogens is 399 g/mol. The maximum absolute atomic E-state index is 14.2. The highest BCUT2D eigenvalue weighted by molar-refractivity contribution is 6.08. The molecule has 2 aromatic heterocycles. The molecule has 0 aliphatic rings. The number of halogens is 1. The molecule has 0 aliphatic heterocycles. The number of aromatic amines is 1. The van der Waals surface area contributed by atoms with Crippen molar-refractivity contribution in [1.82, 2.24) is 15.2 Å². The van der Waals surface area contributed by atoms with E-state index >= 15 is 0 Å². The van der Waals surface area contributed by atoms with Crippen molar-refractivity contribution in [2.75, 3.05) is 12.4 Å². The van der Waals surface area contributed by atoms with Crippen molar-refractivity contribution in [3.63, 3.8) is 0 Å². The van der Waals surface area contributed by atoms with Gasteiger partial charge in [0.05, 0.1) is 24.6 Å². The highest BCUT2D eigenvalue weighted by Gasteiger charge is 2.18. The highest BCUT2D eigenvalue weighted by atomic mass is 19.1. The molecule has 31 heavy (non-hydrogen) atoms. The van der Waals surface area contributed by atoms with E-state index in [1.54, 1.807) is 55.9 Å². The van der Waals surface area contributed by atoms with Gasteiger partial charge in [0.1, 0.15) is 12.4 Å². The standard InChI is InChI=1S/C23H19FN4O3/c1-30-20-7-6-16(12-21(20)31-14-15-8-10-25-11-9-15)27-23(29)18-13-26-28-22(18)17-4-2-3-5-19(17)24/h2-13H,14H2,1H3,(H,26,28)(H,27,29). The van der Waals surface area contributed by atoms with Crippen LogP contribution >= 0.6 is 0 Å². The minimum Gasteiger partial charge on any atom is -0.493 e. The number of nitrogens with one attached hydrogen (secondary N) is 2. The van der Waals surface area contributed by atoms with Gasteiger partial charge in [-0.15, -0.1) is 0 Å². The van der Waals surface area contributed by atoms with Crippen molar-refractivity contribution < 1.29 is 18.7 Å². The van der Waals surface area contributed by atoms with Crippen LogP contribution in [0, 0.1) is 5.82 Å². The molecule has 0 aliphatic carbocycles. The van der Waals surface area contributed by atoms with E-state index in [2.05, 4.69) is 20.5 Å². The Morgan fingerprint density at radius 2 is 1.90 bits per heavy atom. The second-order valence-corrected chi connectivity index (χ2v) is 6.60. The minimum absolute atomic E-state index is 0.222. The van der Waals surface area contributed by atoms with Crippen LogP contribution in [0.2, 0.25) is 0 Å². The van der Waals surface area contributed by atoms with Crippen LogP contribution < -0.4 is 14.8 Å². The van der Waals surface area contributed by atoms with Gasteiger partial charge < -0.3 is 14.8 Å². The summed E-state index contributed by atoms with van der Waals surface area (Å²) in [6, 6.07) is 14.9. The largest absolute Gasteiger partial charge is 0.493 e. The van der Waals surface area contributed by atoms with E-state index in [1.165, 1.54) is 12.3 Å². The first kappa shape index (κ1) is 20.1. The number of methoxy groups -OCH3 is 1. The number of pyridine rings is 1. The quantitative estimate of drug-likeness (QED) is 0.463. The smallest absolute Gasteiger partial charge is 0.259 e. The third-order valence-electron chi connectivity index (χ3n) is 4.59. The lowest BCUT2D eigenvalue weighted by Gasteiger charge is -2.13. The molecule has 2 heterocycles. The van der Waals surface area contributed by atoms with Crippen LogP contribution in [-0.2, 0) is 6.61 Å². The molecule has 2 N–H and O–H groups in total. The number of hydrogen-bond donors (Lipinski definition) is 2. The van der Waals surface area contributed by atoms with E-state index in [-0.39, 0.29) is 11.1 Å². The monoisotopic (exact) mass is 418 g/mol. The molecule has 7 nitrogen and oxygen atoms in total. The van der Waals surface area contributed by atoms with Crippen LogP contribution in [0.5, 0.6) is 11.5 Å². The molecular formula is C23H19FN4O3. The molecule has 0 unspecified atom stereocenters. The van der Waals surface area contributed by atoms with E-state index in [0.29, 0.717) is 29.5 Å². The van der Waals surface area contributed by atoms with Crippen LogP contribution in [0.15, 0.2) is 73.2 Å². The molecule has 0 fully saturated rings. The number of rotatable bonds is 7. The van der Waals surface area contributed by atoms with Gasteiger partial charge in [-0.1, -0.05) is 12.1 Å². The van der Waals surface area contributed by atoms with Gasteiger partial charge in [0.2, 0.25) is 0 Å². The molecule has 8 heteroatoms. The van der Waals surface area contributed by atoms with Gasteiger partial charge in [-0.05, 0) is 42.0 Å². The predicted molar refractivity (Wildman–Crippen MR) is 113 cm³/mol. The third kappa shape index (κ3) is 4.53. The number of anilines is 1. The fraction of sp³-hybridized carbons (Fsp3) is 0.0870. The molecule has 4 rings (SSSR count). The Labute approximate surface area is 177 Å². The highest BCUT2D eigenvalue weighted by Crippen LogP contribution is 2.31. The van der Waals surface area contributed by atoms with E-state index in [4.69, 9.17) is 9.47 Å². The van der Waals surface area contributed by atoms with Crippen LogP contribution in [0.1, 0.15) is 15.9 Å². The molecule has 2 aromatic carbocycles. The Hall–Kier alpha value is -4.20. The van der Waals surface area contributed by atoms with Crippen LogP contribution in [0.4, 0.5) is 10.1 Å². The molecule has 0 bridgehead atoms. The summed E-state index contributed by atoms with van der Waals surface area (Å²) in [5.41, 5.74) is 2.23. The number of carbonyl (C=O) groups is 1. The molecule has 0 atom stereocenters. The van der Waals surface area contributed by atoms with Crippen LogP contribution in [0.25, 0.3) is 11.3 Å². The molecule has 0 spiro atoms. The Balaban J connectivity index is 1.54. The Bertz CT molecular complexity index is 1190. The average molecular weight is 418 g/mol. The van der Waals surface area contributed by atoms with Crippen LogP contribution in [0.3, 0.4) is 0 Å². The van der Waals surface area contributed by atoms with Gasteiger partial charge in [-0.2, -0.15) is 5.10 Å². The number of nitrogens with zero attached hydrogens (tertiary/aromatic N) is 2. The first-order valence-electron chi connectivity index (χ1n) is 9.45. The number of amides is 1. The lowest BCUT2D eigenvalue weighted by molar-refractivity contribution is 0.102. The van der Waals surface area contributed by atoms with E-state index < -0.39 is 11.7 Å². The summed E-state index contributed by atoms with van der Waals surface area (Å²) in [6.07, 6.45) is 4.73. The fourth-order valence-electron chi connectivity index (χ4n) is 3.03. The van der Waals surface area contributed by atoms with E-state index in [0.717, 1.165) is 5.56 Å². The maximum Gasteiger partial charge on any atom is 0.259 e. The molecule has 0 saturated heterocycles. The number of ether oxygens (including phenoxy) is 2. The van der Waals surface area contributed by atoms with Crippen molar-refractivity contribution in [2.45, 2.75) is 6.61 Å². The summed E-state index contributed by atoms with van der Waals surface area (Å²) < 4.78 is 25.4. The summed E-state index contributed by atoms with van der Waals surface area (Å²) in [7, 11) is 1.54. The van der Waals surface area contributed by atoms with Crippen LogP contribution in [-0.4, -0.2) is 28.2 Å².